The Morgan fingerprint density at radius 2 is 2.00 bits per heavy atom. The molecule has 1 heterocycles. The van der Waals surface area contributed by atoms with Crippen LogP contribution in [0.5, 0.6) is 0 Å². The molecule has 0 bridgehead atoms. The summed E-state index contributed by atoms with van der Waals surface area (Å²) in [7, 11) is 1.82. The van der Waals surface area contributed by atoms with Crippen LogP contribution in [0.1, 0.15) is 32.6 Å². The third-order valence-electron chi connectivity index (χ3n) is 3.29. The van der Waals surface area contributed by atoms with E-state index >= 15 is 0 Å². The highest BCUT2D eigenvalue weighted by molar-refractivity contribution is 7.99. The van der Waals surface area contributed by atoms with Crippen LogP contribution in [0.3, 0.4) is 0 Å². The zero-order valence-electron chi connectivity index (χ0n) is 10.9. The molecule has 0 spiro atoms. The molecule has 0 aromatic rings. The first-order valence-corrected chi connectivity index (χ1v) is 7.81. The lowest BCUT2D eigenvalue weighted by molar-refractivity contribution is 0.138. The van der Waals surface area contributed by atoms with Crippen LogP contribution in [0, 0.1) is 5.92 Å². The normalized spacial score (nSPS) is 19.9. The van der Waals surface area contributed by atoms with Gasteiger partial charge in [-0.1, -0.05) is 13.3 Å². The molecule has 0 radical (unpaired) electrons. The Morgan fingerprint density at radius 3 is 2.62 bits per heavy atom. The summed E-state index contributed by atoms with van der Waals surface area (Å²) in [5.74, 6) is 3.45. The van der Waals surface area contributed by atoms with Crippen LogP contribution < -0.4 is 0 Å². The average molecular weight is 245 g/mol. The van der Waals surface area contributed by atoms with E-state index in [1.807, 2.05) is 7.11 Å². The minimum Gasteiger partial charge on any atom is -0.384 e. The van der Waals surface area contributed by atoms with Crippen molar-refractivity contribution in [3.05, 3.63) is 0 Å². The topological polar surface area (TPSA) is 12.5 Å². The molecule has 1 aliphatic heterocycles. The maximum absolute atomic E-state index is 5.28. The highest BCUT2D eigenvalue weighted by Crippen LogP contribution is 2.15. The molecule has 96 valence electrons. The fourth-order valence-electron chi connectivity index (χ4n) is 2.38. The first kappa shape index (κ1) is 14.3. The number of ether oxygens (including phenoxy) is 1. The second-order valence-corrected chi connectivity index (χ2v) is 5.93. The van der Waals surface area contributed by atoms with Gasteiger partial charge in [0, 0.05) is 38.3 Å². The van der Waals surface area contributed by atoms with Crippen LogP contribution in [0.25, 0.3) is 0 Å². The van der Waals surface area contributed by atoms with Gasteiger partial charge in [-0.25, -0.2) is 0 Å². The number of rotatable bonds is 8. The SMILES string of the molecule is CCC[C@@H](CCCN1CCSCC1)COC. The van der Waals surface area contributed by atoms with Crippen molar-refractivity contribution in [3.63, 3.8) is 0 Å². The lowest BCUT2D eigenvalue weighted by atomic mass is 9.99. The van der Waals surface area contributed by atoms with Crippen LogP contribution in [0.15, 0.2) is 0 Å². The van der Waals surface area contributed by atoms with E-state index in [-0.39, 0.29) is 0 Å². The number of hydrogen-bond donors (Lipinski definition) is 0. The van der Waals surface area contributed by atoms with E-state index in [9.17, 15) is 0 Å². The Labute approximate surface area is 105 Å². The second kappa shape index (κ2) is 9.32. The van der Waals surface area contributed by atoms with Crippen LogP contribution in [-0.2, 0) is 4.74 Å². The molecule has 0 unspecified atom stereocenters. The molecule has 1 saturated heterocycles. The van der Waals surface area contributed by atoms with Crippen LogP contribution in [0.2, 0.25) is 0 Å². The van der Waals surface area contributed by atoms with Crippen molar-refractivity contribution < 1.29 is 4.74 Å². The zero-order chi connectivity index (χ0) is 11.6. The molecule has 0 aliphatic carbocycles. The van der Waals surface area contributed by atoms with Gasteiger partial charge in [-0.2, -0.15) is 11.8 Å². The van der Waals surface area contributed by atoms with Crippen molar-refractivity contribution in [2.75, 3.05) is 44.9 Å². The van der Waals surface area contributed by atoms with Gasteiger partial charge >= 0.3 is 0 Å². The summed E-state index contributed by atoms with van der Waals surface area (Å²) >= 11 is 2.09. The second-order valence-electron chi connectivity index (χ2n) is 4.71. The predicted octanol–water partition coefficient (Wildman–Crippen LogP) is 2.88. The quantitative estimate of drug-likeness (QED) is 0.652. The molecule has 0 saturated carbocycles. The molecule has 0 aromatic carbocycles. The van der Waals surface area contributed by atoms with Gasteiger partial charge in [0.2, 0.25) is 0 Å². The van der Waals surface area contributed by atoms with Crippen molar-refractivity contribution in [1.82, 2.24) is 4.90 Å². The van der Waals surface area contributed by atoms with Gasteiger partial charge in [0.15, 0.2) is 0 Å². The van der Waals surface area contributed by atoms with E-state index in [1.54, 1.807) is 0 Å². The maximum atomic E-state index is 5.28. The van der Waals surface area contributed by atoms with Crippen molar-refractivity contribution in [1.29, 1.82) is 0 Å². The molecule has 0 aromatic heterocycles. The predicted molar refractivity (Wildman–Crippen MR) is 73.3 cm³/mol. The van der Waals surface area contributed by atoms with Crippen molar-refractivity contribution in [2.45, 2.75) is 32.6 Å². The molecule has 0 amide bonds. The third-order valence-corrected chi connectivity index (χ3v) is 4.23. The monoisotopic (exact) mass is 245 g/mol. The molecule has 2 nitrogen and oxygen atoms in total. The summed E-state index contributed by atoms with van der Waals surface area (Å²) in [6.45, 7) is 7.11. The molecule has 16 heavy (non-hydrogen) atoms. The average Bonchev–Trinajstić information content (AvgIpc) is 2.31. The fraction of sp³-hybridized carbons (Fsp3) is 1.00. The summed E-state index contributed by atoms with van der Waals surface area (Å²) in [6.07, 6.45) is 5.29. The highest BCUT2D eigenvalue weighted by Gasteiger charge is 2.11. The fourth-order valence-corrected chi connectivity index (χ4v) is 3.36. The van der Waals surface area contributed by atoms with Crippen molar-refractivity contribution >= 4 is 11.8 Å². The Balaban J connectivity index is 2.06. The van der Waals surface area contributed by atoms with E-state index in [0.717, 1.165) is 12.5 Å². The summed E-state index contributed by atoms with van der Waals surface area (Å²) < 4.78 is 5.28. The molecule has 3 heteroatoms. The van der Waals surface area contributed by atoms with E-state index < -0.39 is 0 Å². The van der Waals surface area contributed by atoms with Gasteiger partial charge in [0.25, 0.3) is 0 Å². The highest BCUT2D eigenvalue weighted by atomic mass is 32.2. The van der Waals surface area contributed by atoms with Crippen LogP contribution in [-0.4, -0.2) is 49.8 Å². The Hall–Kier alpha value is 0.270. The van der Waals surface area contributed by atoms with Gasteiger partial charge in [0.05, 0.1) is 0 Å². The minimum absolute atomic E-state index is 0.786. The molecule has 1 rings (SSSR count). The van der Waals surface area contributed by atoms with E-state index in [0.29, 0.717) is 0 Å². The Bertz CT molecular complexity index is 154. The number of hydrogen-bond acceptors (Lipinski definition) is 3. The van der Waals surface area contributed by atoms with E-state index in [1.165, 1.54) is 56.8 Å². The van der Waals surface area contributed by atoms with Crippen LogP contribution >= 0.6 is 11.8 Å². The molecule has 0 N–H and O–H groups in total. The molecule has 1 aliphatic rings. The number of nitrogens with zero attached hydrogens (tertiary/aromatic N) is 1. The van der Waals surface area contributed by atoms with Crippen molar-refractivity contribution in [3.8, 4) is 0 Å². The first-order valence-electron chi connectivity index (χ1n) is 6.65. The minimum atomic E-state index is 0.786. The summed E-state index contributed by atoms with van der Waals surface area (Å²) in [5, 5.41) is 0. The summed E-state index contributed by atoms with van der Waals surface area (Å²) in [4.78, 5) is 2.62. The Morgan fingerprint density at radius 1 is 1.25 bits per heavy atom. The smallest absolute Gasteiger partial charge is 0.0490 e. The zero-order valence-corrected chi connectivity index (χ0v) is 11.7. The van der Waals surface area contributed by atoms with E-state index in [4.69, 9.17) is 4.74 Å². The van der Waals surface area contributed by atoms with Gasteiger partial charge < -0.3 is 9.64 Å². The summed E-state index contributed by atoms with van der Waals surface area (Å²) in [6, 6.07) is 0. The van der Waals surface area contributed by atoms with Gasteiger partial charge in [-0.3, -0.25) is 0 Å². The standard InChI is InChI=1S/C13H27NOS/c1-3-5-13(12-15-2)6-4-7-14-8-10-16-11-9-14/h13H,3-12H2,1-2H3/t13-/m0/s1. The van der Waals surface area contributed by atoms with Gasteiger partial charge in [0.1, 0.15) is 0 Å². The van der Waals surface area contributed by atoms with Crippen molar-refractivity contribution in [2.24, 2.45) is 5.92 Å². The molecular weight excluding hydrogens is 218 g/mol. The molecule has 1 fully saturated rings. The third kappa shape index (κ3) is 6.12. The molecular formula is C13H27NOS. The Kier molecular flexibility index (Phi) is 8.34. The van der Waals surface area contributed by atoms with Crippen LogP contribution in [0.4, 0.5) is 0 Å². The maximum Gasteiger partial charge on any atom is 0.0490 e. The first-order chi connectivity index (χ1) is 7.86. The largest absolute Gasteiger partial charge is 0.384 e. The summed E-state index contributed by atoms with van der Waals surface area (Å²) in [5.41, 5.74) is 0. The van der Waals surface area contributed by atoms with E-state index in [2.05, 4.69) is 23.6 Å². The lowest BCUT2D eigenvalue weighted by Crippen LogP contribution is -2.33. The van der Waals surface area contributed by atoms with Gasteiger partial charge in [-0.05, 0) is 31.7 Å². The lowest BCUT2D eigenvalue weighted by Gasteiger charge is -2.26. The number of methoxy groups -OCH3 is 1. The molecule has 1 atom stereocenters. The number of thioether (sulfide) groups is 1. The van der Waals surface area contributed by atoms with Gasteiger partial charge in [-0.15, -0.1) is 0 Å².